The van der Waals surface area contributed by atoms with Crippen LogP contribution in [0, 0.1) is 0 Å². The molecule has 0 aliphatic carbocycles. The molecule has 1 amide bonds. The molecule has 1 aliphatic heterocycles. The van der Waals surface area contributed by atoms with E-state index in [2.05, 4.69) is 15.9 Å². The lowest BCUT2D eigenvalue weighted by atomic mass is 9.99. The molecule has 1 heterocycles. The van der Waals surface area contributed by atoms with Crippen molar-refractivity contribution in [2.45, 2.75) is 12.5 Å². The second kappa shape index (κ2) is 5.04. The number of aliphatic hydroxyl groups is 1. The molecule has 0 spiro atoms. The number of benzene rings is 2. The molecule has 3 nitrogen and oxygen atoms in total. The summed E-state index contributed by atoms with van der Waals surface area (Å²) in [5, 5.41) is 10.4. The lowest BCUT2D eigenvalue weighted by molar-refractivity contribution is -0.117. The number of anilines is 1. The van der Waals surface area contributed by atoms with E-state index >= 15 is 0 Å². The van der Waals surface area contributed by atoms with Crippen LogP contribution in [0.1, 0.15) is 22.8 Å². The first-order chi connectivity index (χ1) is 9.56. The topological polar surface area (TPSA) is 40.5 Å². The molecule has 0 saturated heterocycles. The number of carbonyl (C=O) groups is 1. The highest BCUT2D eigenvalue weighted by molar-refractivity contribution is 9.10. The molecule has 1 unspecified atom stereocenters. The molecule has 0 aromatic heterocycles. The Morgan fingerprint density at radius 2 is 1.80 bits per heavy atom. The van der Waals surface area contributed by atoms with Crippen LogP contribution in [-0.2, 0) is 11.2 Å². The fraction of sp³-hybridized carbons (Fsp3) is 0.188. The van der Waals surface area contributed by atoms with E-state index in [9.17, 15) is 9.90 Å². The second-order valence-corrected chi connectivity index (χ2v) is 5.89. The summed E-state index contributed by atoms with van der Waals surface area (Å²) >= 11 is 3.38. The first-order valence-corrected chi connectivity index (χ1v) is 7.18. The smallest absolute Gasteiger partial charge is 0.231 e. The molecular formula is C16H14BrNO2. The Bertz CT molecular complexity index is 667. The highest BCUT2D eigenvalue weighted by Gasteiger charge is 2.24. The Balaban J connectivity index is 1.94. The molecule has 0 radical (unpaired) electrons. The Kier molecular flexibility index (Phi) is 3.36. The van der Waals surface area contributed by atoms with Crippen molar-refractivity contribution in [2.75, 3.05) is 11.9 Å². The van der Waals surface area contributed by atoms with Gasteiger partial charge in [0.05, 0.1) is 6.42 Å². The van der Waals surface area contributed by atoms with Gasteiger partial charge in [0.25, 0.3) is 0 Å². The highest BCUT2D eigenvalue weighted by Crippen LogP contribution is 2.32. The molecular weight excluding hydrogens is 318 g/mol. The number of nitrogens with zero attached hydrogens (tertiary/aromatic N) is 1. The van der Waals surface area contributed by atoms with Crippen molar-refractivity contribution in [3.8, 4) is 0 Å². The minimum Gasteiger partial charge on any atom is -0.384 e. The van der Waals surface area contributed by atoms with Crippen molar-refractivity contribution in [2.24, 2.45) is 0 Å². The molecule has 2 aromatic rings. The summed E-state index contributed by atoms with van der Waals surface area (Å²) in [4.78, 5) is 13.3. The fourth-order valence-corrected chi connectivity index (χ4v) is 2.76. The average molecular weight is 332 g/mol. The van der Waals surface area contributed by atoms with Crippen LogP contribution in [0.3, 0.4) is 0 Å². The molecule has 2 aromatic carbocycles. The van der Waals surface area contributed by atoms with Gasteiger partial charge in [-0.05, 0) is 34.9 Å². The molecule has 102 valence electrons. The zero-order valence-electron chi connectivity index (χ0n) is 11.0. The minimum atomic E-state index is -0.672. The van der Waals surface area contributed by atoms with Gasteiger partial charge in [0.15, 0.2) is 0 Å². The summed E-state index contributed by atoms with van der Waals surface area (Å²) in [7, 11) is 1.78. The zero-order chi connectivity index (χ0) is 14.3. The van der Waals surface area contributed by atoms with E-state index in [0.29, 0.717) is 6.42 Å². The average Bonchev–Trinajstić information content (AvgIpc) is 2.74. The van der Waals surface area contributed by atoms with Crippen LogP contribution >= 0.6 is 15.9 Å². The van der Waals surface area contributed by atoms with Crippen LogP contribution in [0.2, 0.25) is 0 Å². The van der Waals surface area contributed by atoms with Crippen LogP contribution in [0.15, 0.2) is 46.9 Å². The van der Waals surface area contributed by atoms with Crippen LogP contribution in [-0.4, -0.2) is 18.1 Å². The van der Waals surface area contributed by atoms with E-state index in [1.54, 1.807) is 11.9 Å². The maximum atomic E-state index is 11.7. The van der Waals surface area contributed by atoms with Gasteiger partial charge in [-0.3, -0.25) is 4.79 Å². The third kappa shape index (κ3) is 2.25. The second-order valence-electron chi connectivity index (χ2n) is 4.97. The fourth-order valence-electron chi connectivity index (χ4n) is 2.50. The van der Waals surface area contributed by atoms with E-state index in [1.165, 1.54) is 0 Å². The molecule has 1 N–H and O–H groups in total. The molecule has 0 bridgehead atoms. The quantitative estimate of drug-likeness (QED) is 0.918. The number of amides is 1. The maximum absolute atomic E-state index is 11.7. The highest BCUT2D eigenvalue weighted by atomic mass is 79.9. The van der Waals surface area contributed by atoms with Crippen molar-refractivity contribution >= 4 is 27.5 Å². The first-order valence-electron chi connectivity index (χ1n) is 6.39. The largest absolute Gasteiger partial charge is 0.384 e. The molecule has 0 fully saturated rings. The monoisotopic (exact) mass is 331 g/mol. The SMILES string of the molecule is CN1C(=O)Cc2cc(C(O)c3ccc(Br)cc3)ccc21. The van der Waals surface area contributed by atoms with Crippen molar-refractivity contribution in [3.63, 3.8) is 0 Å². The summed E-state index contributed by atoms with van der Waals surface area (Å²) in [6.45, 7) is 0. The van der Waals surface area contributed by atoms with Gasteiger partial charge in [-0.25, -0.2) is 0 Å². The molecule has 4 heteroatoms. The summed E-state index contributed by atoms with van der Waals surface area (Å²) in [6.07, 6.45) is -0.262. The maximum Gasteiger partial charge on any atom is 0.231 e. The van der Waals surface area contributed by atoms with Crippen LogP contribution in [0.4, 0.5) is 5.69 Å². The number of rotatable bonds is 2. The third-order valence-electron chi connectivity index (χ3n) is 3.68. The van der Waals surface area contributed by atoms with Gasteiger partial charge in [0, 0.05) is 17.2 Å². The van der Waals surface area contributed by atoms with Gasteiger partial charge >= 0.3 is 0 Å². The van der Waals surface area contributed by atoms with Crippen LogP contribution in [0.5, 0.6) is 0 Å². The standard InChI is InChI=1S/C16H14BrNO2/c1-18-14-7-4-11(8-12(14)9-15(18)19)16(20)10-2-5-13(17)6-3-10/h2-8,16,20H,9H2,1H3. The lowest BCUT2D eigenvalue weighted by Crippen LogP contribution is -2.20. The summed E-state index contributed by atoms with van der Waals surface area (Å²) in [6, 6.07) is 13.3. The van der Waals surface area contributed by atoms with Gasteiger partial charge in [0.2, 0.25) is 5.91 Å². The molecule has 0 saturated carbocycles. The number of hydrogen-bond donors (Lipinski definition) is 1. The molecule has 3 rings (SSSR count). The Morgan fingerprint density at radius 1 is 1.15 bits per heavy atom. The number of carbonyl (C=O) groups excluding carboxylic acids is 1. The number of halogens is 1. The van der Waals surface area contributed by atoms with Crippen LogP contribution in [0.25, 0.3) is 0 Å². The van der Waals surface area contributed by atoms with Gasteiger partial charge in [-0.1, -0.05) is 40.2 Å². The summed E-state index contributed by atoms with van der Waals surface area (Å²) in [5.41, 5.74) is 3.56. The number of likely N-dealkylation sites (N-methyl/N-ethyl adjacent to an activating group) is 1. The van der Waals surface area contributed by atoms with Gasteiger partial charge < -0.3 is 10.0 Å². The zero-order valence-corrected chi connectivity index (χ0v) is 12.6. The van der Waals surface area contributed by atoms with E-state index in [-0.39, 0.29) is 5.91 Å². The van der Waals surface area contributed by atoms with E-state index in [4.69, 9.17) is 0 Å². The molecule has 20 heavy (non-hydrogen) atoms. The predicted molar refractivity (Wildman–Crippen MR) is 81.8 cm³/mol. The number of aliphatic hydroxyl groups excluding tert-OH is 1. The van der Waals surface area contributed by atoms with Gasteiger partial charge in [-0.2, -0.15) is 0 Å². The lowest BCUT2D eigenvalue weighted by Gasteiger charge is -2.14. The van der Waals surface area contributed by atoms with Gasteiger partial charge in [0.1, 0.15) is 6.10 Å². The van der Waals surface area contributed by atoms with Crippen molar-refractivity contribution in [3.05, 3.63) is 63.6 Å². The Labute approximate surface area is 126 Å². The first kappa shape index (κ1) is 13.3. The predicted octanol–water partition coefficient (Wildman–Crippen LogP) is 3.05. The van der Waals surface area contributed by atoms with Crippen molar-refractivity contribution in [1.82, 2.24) is 0 Å². The summed E-state index contributed by atoms with van der Waals surface area (Å²) < 4.78 is 0.981. The summed E-state index contributed by atoms with van der Waals surface area (Å²) in [5.74, 6) is 0.0929. The number of hydrogen-bond acceptors (Lipinski definition) is 2. The van der Waals surface area contributed by atoms with Crippen molar-refractivity contribution in [1.29, 1.82) is 0 Å². The van der Waals surface area contributed by atoms with E-state index < -0.39 is 6.10 Å². The third-order valence-corrected chi connectivity index (χ3v) is 4.21. The molecule has 1 aliphatic rings. The van der Waals surface area contributed by atoms with Crippen molar-refractivity contribution < 1.29 is 9.90 Å². The van der Waals surface area contributed by atoms with E-state index in [0.717, 1.165) is 26.9 Å². The molecule has 1 atom stereocenters. The minimum absolute atomic E-state index is 0.0929. The normalized spacial score (nSPS) is 15.3. The Hall–Kier alpha value is -1.65. The van der Waals surface area contributed by atoms with Crippen LogP contribution < -0.4 is 4.90 Å². The van der Waals surface area contributed by atoms with E-state index in [1.807, 2.05) is 42.5 Å². The van der Waals surface area contributed by atoms with Gasteiger partial charge in [-0.15, -0.1) is 0 Å². The Morgan fingerprint density at radius 3 is 2.50 bits per heavy atom. The number of fused-ring (bicyclic) bond motifs is 1.